The van der Waals surface area contributed by atoms with Crippen LogP contribution in [0.4, 0.5) is 0 Å². The topological polar surface area (TPSA) is 28.7 Å². The number of aromatic amines is 1. The summed E-state index contributed by atoms with van der Waals surface area (Å²) in [7, 11) is 0. The molecule has 0 atom stereocenters. The molecule has 0 saturated carbocycles. The van der Waals surface area contributed by atoms with Gasteiger partial charge in [-0.15, -0.1) is 0 Å². The minimum atomic E-state index is 0.880. The van der Waals surface area contributed by atoms with Crippen LogP contribution in [0.5, 0.6) is 0 Å². The Labute approximate surface area is 115 Å². The molecule has 0 aliphatic carbocycles. The van der Waals surface area contributed by atoms with E-state index in [2.05, 4.69) is 41.8 Å². The van der Waals surface area contributed by atoms with Crippen LogP contribution in [0.2, 0.25) is 0 Å². The molecule has 0 bridgehead atoms. The summed E-state index contributed by atoms with van der Waals surface area (Å²) in [6, 6.07) is 14.1. The predicted molar refractivity (Wildman–Crippen MR) is 76.9 cm³/mol. The van der Waals surface area contributed by atoms with Crippen molar-refractivity contribution in [3.05, 3.63) is 51.4 Å². The Morgan fingerprint density at radius 3 is 2.65 bits per heavy atom. The molecule has 0 spiro atoms. The predicted octanol–water partition coefficient (Wildman–Crippen LogP) is 4.75. The number of rotatable bonds is 1. The van der Waals surface area contributed by atoms with Crippen molar-refractivity contribution in [2.45, 2.75) is 0 Å². The number of benzene rings is 2. The average molecular weight is 352 g/mol. The summed E-state index contributed by atoms with van der Waals surface area (Å²) in [5.41, 5.74) is 3.07. The van der Waals surface area contributed by atoms with Crippen molar-refractivity contribution < 1.29 is 0 Å². The largest absolute Gasteiger partial charge is 0.338 e. The molecule has 0 saturated heterocycles. The first-order valence-electron chi connectivity index (χ1n) is 5.14. The molecule has 1 heterocycles. The van der Waals surface area contributed by atoms with E-state index in [9.17, 15) is 0 Å². The molecule has 0 aliphatic rings. The number of nitrogens with one attached hydrogen (secondary N) is 1. The van der Waals surface area contributed by atoms with Crippen LogP contribution in [-0.2, 0) is 0 Å². The van der Waals surface area contributed by atoms with Crippen LogP contribution in [0, 0.1) is 0 Å². The fourth-order valence-corrected chi connectivity index (χ4v) is 2.60. The van der Waals surface area contributed by atoms with Gasteiger partial charge in [-0.25, -0.2) is 4.98 Å². The van der Waals surface area contributed by atoms with Gasteiger partial charge in [0.1, 0.15) is 5.82 Å². The third kappa shape index (κ3) is 2.03. The summed E-state index contributed by atoms with van der Waals surface area (Å²) in [6.07, 6.45) is 0. The molecule has 3 aromatic rings. The Morgan fingerprint density at radius 1 is 1.00 bits per heavy atom. The highest BCUT2D eigenvalue weighted by Crippen LogP contribution is 2.28. The van der Waals surface area contributed by atoms with Gasteiger partial charge in [-0.2, -0.15) is 0 Å². The van der Waals surface area contributed by atoms with E-state index in [1.165, 1.54) is 0 Å². The normalized spacial score (nSPS) is 10.9. The molecule has 0 aliphatic heterocycles. The molecular formula is C13H8Br2N2. The van der Waals surface area contributed by atoms with Crippen molar-refractivity contribution in [2.24, 2.45) is 0 Å². The lowest BCUT2D eigenvalue weighted by Crippen LogP contribution is -1.80. The van der Waals surface area contributed by atoms with Gasteiger partial charge in [0.2, 0.25) is 0 Å². The smallest absolute Gasteiger partial charge is 0.139 e. The van der Waals surface area contributed by atoms with Gasteiger partial charge in [0.05, 0.1) is 11.0 Å². The maximum absolute atomic E-state index is 4.58. The van der Waals surface area contributed by atoms with E-state index in [1.54, 1.807) is 0 Å². The number of hydrogen-bond acceptors (Lipinski definition) is 1. The Bertz CT molecular complexity index is 689. The molecule has 2 nitrogen and oxygen atoms in total. The fraction of sp³-hybridized carbons (Fsp3) is 0. The second kappa shape index (κ2) is 4.27. The SMILES string of the molecule is Brc1ccc2nc(-c3ccccc3Br)[nH]c2c1. The molecular weight excluding hydrogens is 344 g/mol. The van der Waals surface area contributed by atoms with E-state index < -0.39 is 0 Å². The van der Waals surface area contributed by atoms with Crippen molar-refractivity contribution in [1.29, 1.82) is 0 Å². The standard InChI is InChI=1S/C13H8Br2N2/c14-8-5-6-11-12(7-8)17-13(16-11)9-3-1-2-4-10(9)15/h1-7H,(H,16,17). The van der Waals surface area contributed by atoms with Crippen LogP contribution in [0.25, 0.3) is 22.4 Å². The number of hydrogen-bond donors (Lipinski definition) is 1. The minimum absolute atomic E-state index is 0.880. The zero-order valence-corrected chi connectivity index (χ0v) is 11.9. The lowest BCUT2D eigenvalue weighted by Gasteiger charge is -1.98. The Balaban J connectivity index is 2.22. The van der Waals surface area contributed by atoms with Gasteiger partial charge in [0.25, 0.3) is 0 Å². The van der Waals surface area contributed by atoms with Gasteiger partial charge >= 0.3 is 0 Å². The van der Waals surface area contributed by atoms with Crippen molar-refractivity contribution in [1.82, 2.24) is 9.97 Å². The van der Waals surface area contributed by atoms with E-state index in [1.807, 2.05) is 42.5 Å². The van der Waals surface area contributed by atoms with Gasteiger partial charge in [-0.1, -0.05) is 50.1 Å². The molecule has 0 amide bonds. The number of aromatic nitrogens is 2. The van der Waals surface area contributed by atoms with E-state index in [0.29, 0.717) is 0 Å². The number of fused-ring (bicyclic) bond motifs is 1. The number of H-pyrrole nitrogens is 1. The first kappa shape index (κ1) is 11.0. The third-order valence-electron chi connectivity index (χ3n) is 2.57. The second-order valence-electron chi connectivity index (χ2n) is 3.73. The number of nitrogens with zero attached hydrogens (tertiary/aromatic N) is 1. The molecule has 4 heteroatoms. The molecule has 1 aromatic heterocycles. The van der Waals surface area contributed by atoms with Gasteiger partial charge in [0.15, 0.2) is 0 Å². The zero-order chi connectivity index (χ0) is 11.8. The second-order valence-corrected chi connectivity index (χ2v) is 5.50. The molecule has 1 N–H and O–H groups in total. The van der Waals surface area contributed by atoms with Crippen LogP contribution in [-0.4, -0.2) is 9.97 Å². The lowest BCUT2D eigenvalue weighted by atomic mass is 10.2. The molecule has 0 unspecified atom stereocenters. The van der Waals surface area contributed by atoms with Crippen LogP contribution in [0.15, 0.2) is 51.4 Å². The van der Waals surface area contributed by atoms with Gasteiger partial charge in [0, 0.05) is 14.5 Å². The first-order chi connectivity index (χ1) is 8.24. The molecule has 3 rings (SSSR count). The Morgan fingerprint density at radius 2 is 1.82 bits per heavy atom. The van der Waals surface area contributed by atoms with Crippen LogP contribution < -0.4 is 0 Å². The Hall–Kier alpha value is -1.13. The molecule has 2 aromatic carbocycles. The lowest BCUT2D eigenvalue weighted by molar-refractivity contribution is 1.33. The zero-order valence-electron chi connectivity index (χ0n) is 8.74. The van der Waals surface area contributed by atoms with Crippen molar-refractivity contribution in [3.8, 4) is 11.4 Å². The van der Waals surface area contributed by atoms with Gasteiger partial charge in [-0.3, -0.25) is 0 Å². The fourth-order valence-electron chi connectivity index (χ4n) is 1.76. The van der Waals surface area contributed by atoms with E-state index in [0.717, 1.165) is 31.4 Å². The first-order valence-corrected chi connectivity index (χ1v) is 6.73. The van der Waals surface area contributed by atoms with E-state index >= 15 is 0 Å². The summed E-state index contributed by atoms with van der Waals surface area (Å²) in [6.45, 7) is 0. The highest BCUT2D eigenvalue weighted by atomic mass is 79.9. The van der Waals surface area contributed by atoms with Crippen LogP contribution in [0.3, 0.4) is 0 Å². The maximum atomic E-state index is 4.58. The van der Waals surface area contributed by atoms with Crippen molar-refractivity contribution in [3.63, 3.8) is 0 Å². The number of halogens is 2. The summed E-state index contributed by atoms with van der Waals surface area (Å²) in [5.74, 6) is 0.880. The highest BCUT2D eigenvalue weighted by Gasteiger charge is 2.07. The number of imidazole rings is 1. The Kier molecular flexibility index (Phi) is 2.76. The average Bonchev–Trinajstić information content (AvgIpc) is 2.72. The van der Waals surface area contributed by atoms with Crippen LogP contribution >= 0.6 is 31.9 Å². The van der Waals surface area contributed by atoms with Gasteiger partial charge in [-0.05, 0) is 24.3 Å². The maximum Gasteiger partial charge on any atom is 0.139 e. The van der Waals surface area contributed by atoms with E-state index in [4.69, 9.17) is 0 Å². The molecule has 17 heavy (non-hydrogen) atoms. The highest BCUT2D eigenvalue weighted by molar-refractivity contribution is 9.10. The summed E-state index contributed by atoms with van der Waals surface area (Å²) in [4.78, 5) is 7.90. The minimum Gasteiger partial charge on any atom is -0.338 e. The molecule has 0 fully saturated rings. The summed E-state index contributed by atoms with van der Waals surface area (Å²) < 4.78 is 2.09. The van der Waals surface area contributed by atoms with Crippen LogP contribution in [0.1, 0.15) is 0 Å². The molecule has 84 valence electrons. The summed E-state index contributed by atoms with van der Waals surface area (Å²) in [5, 5.41) is 0. The quantitative estimate of drug-likeness (QED) is 0.673. The van der Waals surface area contributed by atoms with Crippen molar-refractivity contribution in [2.75, 3.05) is 0 Å². The molecule has 0 radical (unpaired) electrons. The van der Waals surface area contributed by atoms with Crippen molar-refractivity contribution >= 4 is 42.9 Å². The monoisotopic (exact) mass is 350 g/mol. The summed E-state index contributed by atoms with van der Waals surface area (Å²) >= 11 is 6.99. The third-order valence-corrected chi connectivity index (χ3v) is 3.76. The van der Waals surface area contributed by atoms with Gasteiger partial charge < -0.3 is 4.98 Å². The van der Waals surface area contributed by atoms with E-state index in [-0.39, 0.29) is 0 Å².